The first kappa shape index (κ1) is 16.5. The summed E-state index contributed by atoms with van der Waals surface area (Å²) < 4.78 is 0. The molecule has 1 heterocycles. The molecular weight excluding hydrogens is 256 g/mol. The molecule has 1 aromatic rings. The maximum atomic E-state index is 3.63. The highest BCUT2D eigenvalue weighted by Crippen LogP contribution is 2.27. The van der Waals surface area contributed by atoms with Gasteiger partial charge in [0.05, 0.1) is 0 Å². The van der Waals surface area contributed by atoms with Crippen molar-refractivity contribution in [1.82, 2.24) is 10.2 Å². The van der Waals surface area contributed by atoms with E-state index in [0.29, 0.717) is 6.04 Å². The van der Waals surface area contributed by atoms with Crippen molar-refractivity contribution in [2.24, 2.45) is 5.92 Å². The van der Waals surface area contributed by atoms with Gasteiger partial charge in [0.25, 0.3) is 0 Å². The lowest BCUT2D eigenvalue weighted by atomic mass is 9.98. The Bertz CT molecular complexity index is 376. The predicted molar refractivity (Wildman–Crippen MR) is 91.5 cm³/mol. The molecular formula is C19H32N2. The Morgan fingerprint density at radius 2 is 1.95 bits per heavy atom. The average molecular weight is 288 g/mol. The van der Waals surface area contributed by atoms with Crippen molar-refractivity contribution in [3.63, 3.8) is 0 Å². The zero-order valence-electron chi connectivity index (χ0n) is 13.9. The largest absolute Gasteiger partial charge is 0.315 e. The normalized spacial score (nSPS) is 21.9. The quantitative estimate of drug-likeness (QED) is 0.755. The van der Waals surface area contributed by atoms with E-state index >= 15 is 0 Å². The maximum Gasteiger partial charge on any atom is 0.0472 e. The Balaban J connectivity index is 2.03. The fraction of sp³-hybridized carbons (Fsp3) is 0.684. The van der Waals surface area contributed by atoms with E-state index < -0.39 is 0 Å². The molecule has 1 aromatic carbocycles. The third-order valence-corrected chi connectivity index (χ3v) is 4.85. The van der Waals surface area contributed by atoms with Gasteiger partial charge in [0.1, 0.15) is 0 Å². The Hall–Kier alpha value is -0.860. The van der Waals surface area contributed by atoms with Crippen LogP contribution in [0.4, 0.5) is 0 Å². The number of likely N-dealkylation sites (tertiary alicyclic amines) is 1. The van der Waals surface area contributed by atoms with Crippen LogP contribution < -0.4 is 5.32 Å². The molecule has 1 fully saturated rings. The first-order chi connectivity index (χ1) is 10.3. The monoisotopic (exact) mass is 288 g/mol. The number of hydrogen-bond acceptors (Lipinski definition) is 2. The molecule has 0 aliphatic carbocycles. The van der Waals surface area contributed by atoms with Crippen LogP contribution in [0.2, 0.25) is 0 Å². The van der Waals surface area contributed by atoms with Crippen molar-refractivity contribution in [3.05, 3.63) is 35.9 Å². The van der Waals surface area contributed by atoms with Gasteiger partial charge in [0, 0.05) is 12.6 Å². The third-order valence-electron chi connectivity index (χ3n) is 4.85. The van der Waals surface area contributed by atoms with Crippen molar-refractivity contribution in [1.29, 1.82) is 0 Å². The summed E-state index contributed by atoms with van der Waals surface area (Å²) in [7, 11) is 0. The van der Waals surface area contributed by atoms with Gasteiger partial charge in [0.2, 0.25) is 0 Å². The second-order valence-corrected chi connectivity index (χ2v) is 6.37. The predicted octanol–water partition coefficient (Wildman–Crippen LogP) is 4.24. The fourth-order valence-corrected chi connectivity index (χ4v) is 3.46. The molecule has 2 nitrogen and oxygen atoms in total. The summed E-state index contributed by atoms with van der Waals surface area (Å²) in [5.74, 6) is 0.940. The lowest BCUT2D eigenvalue weighted by Gasteiger charge is -2.31. The van der Waals surface area contributed by atoms with Crippen LogP contribution in [0.5, 0.6) is 0 Å². The van der Waals surface area contributed by atoms with Gasteiger partial charge in [-0.2, -0.15) is 0 Å². The molecule has 118 valence electrons. The van der Waals surface area contributed by atoms with Gasteiger partial charge in [-0.25, -0.2) is 0 Å². The highest BCUT2D eigenvalue weighted by Gasteiger charge is 2.23. The summed E-state index contributed by atoms with van der Waals surface area (Å²) in [5.41, 5.74) is 1.47. The Morgan fingerprint density at radius 1 is 1.14 bits per heavy atom. The van der Waals surface area contributed by atoms with Crippen LogP contribution in [0.1, 0.15) is 57.6 Å². The van der Waals surface area contributed by atoms with E-state index in [9.17, 15) is 0 Å². The van der Waals surface area contributed by atoms with Crippen LogP contribution in [-0.4, -0.2) is 31.1 Å². The summed E-state index contributed by atoms with van der Waals surface area (Å²) in [4.78, 5) is 2.72. The number of hydrogen-bond donors (Lipinski definition) is 1. The lowest BCUT2D eigenvalue weighted by molar-refractivity contribution is 0.197. The summed E-state index contributed by atoms with van der Waals surface area (Å²) in [6.07, 6.45) is 6.69. The van der Waals surface area contributed by atoms with Crippen molar-refractivity contribution >= 4 is 0 Å². The molecule has 1 saturated heterocycles. The fourth-order valence-electron chi connectivity index (χ4n) is 3.46. The van der Waals surface area contributed by atoms with E-state index in [1.165, 1.54) is 50.8 Å². The summed E-state index contributed by atoms with van der Waals surface area (Å²) in [6.45, 7) is 9.29. The van der Waals surface area contributed by atoms with E-state index in [1.807, 2.05) is 0 Å². The van der Waals surface area contributed by atoms with Crippen LogP contribution in [0.3, 0.4) is 0 Å². The van der Waals surface area contributed by atoms with Gasteiger partial charge in [-0.3, -0.25) is 4.90 Å². The van der Waals surface area contributed by atoms with Crippen molar-refractivity contribution in [2.45, 2.75) is 52.0 Å². The molecule has 2 unspecified atom stereocenters. The van der Waals surface area contributed by atoms with Gasteiger partial charge in [-0.15, -0.1) is 0 Å². The molecule has 1 N–H and O–H groups in total. The number of rotatable bonds is 7. The van der Waals surface area contributed by atoms with Crippen LogP contribution in [0.25, 0.3) is 0 Å². The highest BCUT2D eigenvalue weighted by molar-refractivity contribution is 5.19. The average Bonchev–Trinajstić information content (AvgIpc) is 2.78. The van der Waals surface area contributed by atoms with Gasteiger partial charge < -0.3 is 5.32 Å². The topological polar surface area (TPSA) is 15.3 Å². The molecule has 0 spiro atoms. The minimum Gasteiger partial charge on any atom is -0.315 e. The van der Waals surface area contributed by atoms with E-state index in [0.717, 1.165) is 19.0 Å². The van der Waals surface area contributed by atoms with Crippen LogP contribution in [0.15, 0.2) is 30.3 Å². The van der Waals surface area contributed by atoms with E-state index in [-0.39, 0.29) is 0 Å². The second kappa shape index (κ2) is 9.22. The molecule has 0 bridgehead atoms. The SMILES string of the molecule is CCCNCC(c1ccccc1)N1CCCC(CC)CC1. The Labute approximate surface area is 130 Å². The molecule has 0 saturated carbocycles. The maximum absolute atomic E-state index is 3.63. The molecule has 2 atom stereocenters. The third kappa shape index (κ3) is 5.12. The van der Waals surface area contributed by atoms with E-state index in [2.05, 4.69) is 54.4 Å². The van der Waals surface area contributed by atoms with Crippen molar-refractivity contribution in [3.8, 4) is 0 Å². The minimum atomic E-state index is 0.536. The zero-order valence-corrected chi connectivity index (χ0v) is 13.9. The molecule has 0 amide bonds. The summed E-state index contributed by atoms with van der Waals surface area (Å²) in [6, 6.07) is 11.6. The molecule has 1 aliphatic heterocycles. The van der Waals surface area contributed by atoms with Gasteiger partial charge >= 0.3 is 0 Å². The molecule has 1 aliphatic rings. The first-order valence-corrected chi connectivity index (χ1v) is 8.84. The molecule has 2 rings (SSSR count). The minimum absolute atomic E-state index is 0.536. The van der Waals surface area contributed by atoms with E-state index in [4.69, 9.17) is 0 Å². The smallest absolute Gasteiger partial charge is 0.0472 e. The van der Waals surface area contributed by atoms with Crippen LogP contribution >= 0.6 is 0 Å². The van der Waals surface area contributed by atoms with Crippen LogP contribution in [0, 0.1) is 5.92 Å². The summed E-state index contributed by atoms with van der Waals surface area (Å²) in [5, 5.41) is 3.63. The molecule has 0 radical (unpaired) electrons. The van der Waals surface area contributed by atoms with Gasteiger partial charge in [-0.1, -0.05) is 50.6 Å². The Kier molecular flexibility index (Phi) is 7.25. The molecule has 21 heavy (non-hydrogen) atoms. The van der Waals surface area contributed by atoms with Crippen LogP contribution in [-0.2, 0) is 0 Å². The van der Waals surface area contributed by atoms with Gasteiger partial charge in [-0.05, 0) is 56.8 Å². The Morgan fingerprint density at radius 3 is 2.67 bits per heavy atom. The van der Waals surface area contributed by atoms with Crippen molar-refractivity contribution < 1.29 is 0 Å². The number of benzene rings is 1. The first-order valence-electron chi connectivity index (χ1n) is 8.84. The van der Waals surface area contributed by atoms with Crippen molar-refractivity contribution in [2.75, 3.05) is 26.2 Å². The zero-order chi connectivity index (χ0) is 14.9. The molecule has 2 heteroatoms. The summed E-state index contributed by atoms with van der Waals surface area (Å²) >= 11 is 0. The van der Waals surface area contributed by atoms with E-state index in [1.54, 1.807) is 0 Å². The second-order valence-electron chi connectivity index (χ2n) is 6.37. The standard InChI is InChI=1S/C19H32N2/c1-3-13-20-16-19(18-10-6-5-7-11-18)21-14-8-9-17(4-2)12-15-21/h5-7,10-11,17,19-20H,3-4,8-9,12-16H2,1-2H3. The highest BCUT2D eigenvalue weighted by atomic mass is 15.2. The number of nitrogens with zero attached hydrogens (tertiary/aromatic N) is 1. The van der Waals surface area contributed by atoms with Gasteiger partial charge in [0.15, 0.2) is 0 Å². The number of nitrogens with one attached hydrogen (secondary N) is 1. The lowest BCUT2D eigenvalue weighted by Crippen LogP contribution is -2.37. The molecule has 0 aromatic heterocycles.